The van der Waals surface area contributed by atoms with Gasteiger partial charge in [-0.25, -0.2) is 19.0 Å². The third-order valence-electron chi connectivity index (χ3n) is 5.63. The van der Waals surface area contributed by atoms with Gasteiger partial charge in [-0.05, 0) is 0 Å². The van der Waals surface area contributed by atoms with Gasteiger partial charge in [0.2, 0.25) is 5.91 Å². The highest BCUT2D eigenvalue weighted by Gasteiger charge is 2.34. The van der Waals surface area contributed by atoms with Crippen LogP contribution in [-0.2, 0) is 9.53 Å². The van der Waals surface area contributed by atoms with Gasteiger partial charge in [-0.2, -0.15) is 0 Å². The van der Waals surface area contributed by atoms with Gasteiger partial charge in [0.15, 0.2) is 11.6 Å². The molecule has 0 aromatic heterocycles. The van der Waals surface area contributed by atoms with E-state index in [4.69, 9.17) is 17.0 Å². The number of thiocarbonyl (C=S) groups is 1. The molecule has 180 valence electrons. The summed E-state index contributed by atoms with van der Waals surface area (Å²) in [5, 5.41) is 4.38. The number of halogens is 2. The van der Waals surface area contributed by atoms with Crippen LogP contribution >= 0.6 is 12.2 Å². The number of amides is 2. The van der Waals surface area contributed by atoms with Crippen molar-refractivity contribution in [3.63, 3.8) is 0 Å². The van der Waals surface area contributed by atoms with Crippen molar-refractivity contribution in [1.82, 2.24) is 15.8 Å². The first kappa shape index (κ1) is 23.8. The third-order valence-corrected chi connectivity index (χ3v) is 6.08. The van der Waals surface area contributed by atoms with Crippen molar-refractivity contribution in [3.05, 3.63) is 59.7 Å². The lowest BCUT2D eigenvalue weighted by atomic mass is 10.2. The minimum Gasteiger partial charge on any atom is -0.442 e. The molecule has 11 heteroatoms. The zero-order valence-corrected chi connectivity index (χ0v) is 19.4. The van der Waals surface area contributed by atoms with Crippen LogP contribution in [0.4, 0.5) is 25.0 Å². The van der Waals surface area contributed by atoms with Gasteiger partial charge in [0.25, 0.3) is 0 Å². The number of nitrogens with one attached hydrogen (secondary N) is 2. The molecule has 0 radical (unpaired) electrons. The summed E-state index contributed by atoms with van der Waals surface area (Å²) in [6, 6.07) is 11.8. The van der Waals surface area contributed by atoms with Crippen molar-refractivity contribution in [2.75, 3.05) is 49.1 Å². The molecule has 4 rings (SSSR count). The molecule has 2 aliphatic heterocycles. The highest BCUT2D eigenvalue weighted by atomic mass is 32.1. The summed E-state index contributed by atoms with van der Waals surface area (Å²) in [5.41, 5.74) is 4.01. The van der Waals surface area contributed by atoms with E-state index in [1.54, 1.807) is 4.90 Å². The summed E-state index contributed by atoms with van der Waals surface area (Å²) in [5.74, 6) is -1.80. The Morgan fingerprint density at radius 2 is 1.88 bits per heavy atom. The number of carbonyl (C=O) groups excluding carboxylic acids is 2. The fourth-order valence-electron chi connectivity index (χ4n) is 3.97. The second-order valence-corrected chi connectivity index (χ2v) is 8.42. The molecule has 2 aromatic rings. The van der Waals surface area contributed by atoms with E-state index >= 15 is 8.78 Å². The normalized spacial score (nSPS) is 18.5. The molecule has 1 atom stereocenters. The molecule has 2 fully saturated rings. The van der Waals surface area contributed by atoms with E-state index in [0.29, 0.717) is 31.2 Å². The molecule has 0 aliphatic carbocycles. The highest BCUT2D eigenvalue weighted by Crippen LogP contribution is 2.31. The maximum atomic E-state index is 15.1. The monoisotopic (exact) mass is 489 g/mol. The predicted octanol–water partition coefficient (Wildman–Crippen LogP) is 2.43. The van der Waals surface area contributed by atoms with Crippen molar-refractivity contribution < 1.29 is 23.1 Å². The van der Waals surface area contributed by atoms with E-state index < -0.39 is 23.8 Å². The zero-order chi connectivity index (χ0) is 24.2. The summed E-state index contributed by atoms with van der Waals surface area (Å²) in [6.07, 6.45) is -1.32. The fourth-order valence-corrected chi connectivity index (χ4v) is 4.26. The van der Waals surface area contributed by atoms with Gasteiger partial charge in [0, 0.05) is 44.3 Å². The van der Waals surface area contributed by atoms with Crippen LogP contribution in [0.2, 0.25) is 0 Å². The molecule has 2 heterocycles. The minimum absolute atomic E-state index is 0.0638. The molecule has 2 aromatic carbocycles. The molecule has 0 unspecified atom stereocenters. The Morgan fingerprint density at radius 1 is 1.18 bits per heavy atom. The minimum atomic E-state index is -0.771. The van der Waals surface area contributed by atoms with Gasteiger partial charge >= 0.3 is 6.09 Å². The maximum absolute atomic E-state index is 15.1. The van der Waals surface area contributed by atoms with Gasteiger partial charge < -0.3 is 15.0 Å². The maximum Gasteiger partial charge on any atom is 0.414 e. The van der Waals surface area contributed by atoms with E-state index in [9.17, 15) is 9.59 Å². The molecule has 34 heavy (non-hydrogen) atoms. The first-order valence-corrected chi connectivity index (χ1v) is 11.3. The molecule has 2 amide bonds. The first-order valence-electron chi connectivity index (χ1n) is 10.9. The fraction of sp³-hybridized carbons (Fsp3) is 0.348. The van der Waals surface area contributed by atoms with E-state index in [1.165, 1.54) is 6.92 Å². The molecule has 2 aliphatic rings. The molecule has 0 bridgehead atoms. The molecular formula is C23H25F2N5O3S. The van der Waals surface area contributed by atoms with Crippen LogP contribution in [0.3, 0.4) is 0 Å². The van der Waals surface area contributed by atoms with Crippen molar-refractivity contribution in [2.24, 2.45) is 0 Å². The summed E-state index contributed by atoms with van der Waals surface area (Å²) in [6.45, 7) is 3.14. The van der Waals surface area contributed by atoms with Gasteiger partial charge in [0.1, 0.15) is 16.8 Å². The number of hydrogen-bond acceptors (Lipinski definition) is 6. The number of anilines is 2. The Bertz CT molecular complexity index is 1060. The van der Waals surface area contributed by atoms with Crippen LogP contribution in [-0.4, -0.2) is 67.4 Å². The number of benzene rings is 2. The first-order chi connectivity index (χ1) is 16.3. The lowest BCUT2D eigenvalue weighted by Gasteiger charge is -2.26. The van der Waals surface area contributed by atoms with Crippen LogP contribution < -0.4 is 20.5 Å². The van der Waals surface area contributed by atoms with Crippen LogP contribution in [0, 0.1) is 11.6 Å². The van der Waals surface area contributed by atoms with E-state index in [-0.39, 0.29) is 30.4 Å². The van der Waals surface area contributed by atoms with Gasteiger partial charge in [-0.3, -0.25) is 14.7 Å². The third kappa shape index (κ3) is 5.26. The van der Waals surface area contributed by atoms with Crippen molar-refractivity contribution in [1.29, 1.82) is 0 Å². The summed E-state index contributed by atoms with van der Waals surface area (Å²) in [7, 11) is 0. The van der Waals surface area contributed by atoms with E-state index in [2.05, 4.69) is 10.7 Å². The van der Waals surface area contributed by atoms with Crippen molar-refractivity contribution >= 4 is 40.6 Å². The van der Waals surface area contributed by atoms with Crippen LogP contribution in [0.25, 0.3) is 0 Å². The second-order valence-electron chi connectivity index (χ2n) is 8.03. The number of ether oxygens (including phenoxy) is 1. The van der Waals surface area contributed by atoms with Crippen molar-refractivity contribution in [2.45, 2.75) is 13.0 Å². The second kappa shape index (κ2) is 10.3. The summed E-state index contributed by atoms with van der Waals surface area (Å²) in [4.78, 5) is 26.7. The van der Waals surface area contributed by atoms with Crippen molar-refractivity contribution in [3.8, 4) is 0 Å². The van der Waals surface area contributed by atoms with Gasteiger partial charge in [-0.1, -0.05) is 42.5 Å². The zero-order valence-electron chi connectivity index (χ0n) is 18.6. The average Bonchev–Trinajstić information content (AvgIpc) is 3.02. The Kier molecular flexibility index (Phi) is 7.23. The highest BCUT2D eigenvalue weighted by molar-refractivity contribution is 7.80. The molecule has 2 saturated heterocycles. The van der Waals surface area contributed by atoms with E-state index in [0.717, 1.165) is 22.6 Å². The standard InChI is InChI=1S/C23H25F2N5O3S/c1-15(31)26-13-18-14-29(23(32)33-18)17-11-19(24)21(20(25)12-17)28-8-7-27-30(10-9-28)22(34)16-5-3-2-4-6-16/h2-6,11-12,18,27H,7-10,13-14H2,1H3,(H,26,31)/t18-/m0/s1. The molecule has 8 nitrogen and oxygen atoms in total. The number of nitrogens with zero attached hydrogens (tertiary/aromatic N) is 3. The molecule has 0 spiro atoms. The van der Waals surface area contributed by atoms with Crippen LogP contribution in [0.15, 0.2) is 42.5 Å². The van der Waals surface area contributed by atoms with Crippen LogP contribution in [0.5, 0.6) is 0 Å². The Balaban J connectivity index is 1.45. The van der Waals surface area contributed by atoms with E-state index in [1.807, 2.05) is 35.3 Å². The SMILES string of the molecule is CC(=O)NC[C@H]1CN(c2cc(F)c(N3CCNN(C(=S)c4ccccc4)CC3)c(F)c2)C(=O)O1. The molecular weight excluding hydrogens is 464 g/mol. The number of cyclic esters (lactones) is 1. The Hall–Kier alpha value is -3.31. The van der Waals surface area contributed by atoms with Gasteiger partial charge in [0.05, 0.1) is 25.3 Å². The number of rotatable bonds is 5. The lowest BCUT2D eigenvalue weighted by molar-refractivity contribution is -0.119. The average molecular weight is 490 g/mol. The van der Waals surface area contributed by atoms with Crippen LogP contribution in [0.1, 0.15) is 12.5 Å². The topological polar surface area (TPSA) is 77.2 Å². The molecule has 2 N–H and O–H groups in total. The largest absolute Gasteiger partial charge is 0.442 e. The Morgan fingerprint density at radius 3 is 2.56 bits per heavy atom. The number of carbonyl (C=O) groups is 2. The molecule has 0 saturated carbocycles. The number of hydrogen-bond donors (Lipinski definition) is 2. The smallest absolute Gasteiger partial charge is 0.414 e. The predicted molar refractivity (Wildman–Crippen MR) is 128 cm³/mol. The van der Waals surface area contributed by atoms with Gasteiger partial charge in [-0.15, -0.1) is 0 Å². The summed E-state index contributed by atoms with van der Waals surface area (Å²) < 4.78 is 35.4. The number of hydrazine groups is 1. The Labute approximate surface area is 201 Å². The summed E-state index contributed by atoms with van der Waals surface area (Å²) >= 11 is 5.56. The quantitative estimate of drug-likeness (QED) is 0.625. The lowest BCUT2D eigenvalue weighted by Crippen LogP contribution is -2.43.